The van der Waals surface area contributed by atoms with Gasteiger partial charge in [-0.15, -0.1) is 0 Å². The smallest absolute Gasteiger partial charge is 0.390 e. The topological polar surface area (TPSA) is 74.3 Å². The van der Waals surface area contributed by atoms with Gasteiger partial charge in [-0.3, -0.25) is 9.63 Å². The molecule has 5 nitrogen and oxygen atoms in total. The van der Waals surface area contributed by atoms with Gasteiger partial charge in [0.15, 0.2) is 0 Å². The highest BCUT2D eigenvalue weighted by atomic mass is 19.4. The molecule has 0 fully saturated rings. The number of nitrogens with one attached hydrogen (secondary N) is 2. The Morgan fingerprint density at radius 3 is 2.59 bits per heavy atom. The molecule has 1 unspecified atom stereocenters. The predicted octanol–water partition coefficient (Wildman–Crippen LogP) is 3.60. The van der Waals surface area contributed by atoms with Crippen LogP contribution in [0.25, 0.3) is 0 Å². The molecule has 27 heavy (non-hydrogen) atoms. The molecule has 0 aliphatic heterocycles. The molecule has 2 aromatic rings. The molecule has 1 heterocycles. The number of hydrogen-bond donors (Lipinski definition) is 3. The van der Waals surface area contributed by atoms with Crippen LogP contribution in [-0.2, 0) is 22.8 Å². The van der Waals surface area contributed by atoms with Crippen molar-refractivity contribution < 1.29 is 27.9 Å². The van der Waals surface area contributed by atoms with Crippen LogP contribution >= 0.6 is 0 Å². The van der Waals surface area contributed by atoms with Crippen molar-refractivity contribution in [1.29, 1.82) is 0 Å². The number of aromatic nitrogens is 1. The third kappa shape index (κ3) is 5.83. The SMILES string of the molecule is CC(C)(C)c1cc[nH]c1CC(O)CONC(=O)c1cccc(C(F)(F)F)c1. The van der Waals surface area contributed by atoms with Gasteiger partial charge < -0.3 is 10.1 Å². The second kappa shape index (κ2) is 8.14. The van der Waals surface area contributed by atoms with Crippen molar-refractivity contribution in [3.05, 3.63) is 58.9 Å². The lowest BCUT2D eigenvalue weighted by Crippen LogP contribution is -2.30. The van der Waals surface area contributed by atoms with Gasteiger partial charge in [0.05, 0.1) is 11.7 Å². The Bertz CT molecular complexity index is 779. The van der Waals surface area contributed by atoms with Gasteiger partial charge in [-0.1, -0.05) is 26.8 Å². The van der Waals surface area contributed by atoms with Gasteiger partial charge in [0.1, 0.15) is 6.61 Å². The van der Waals surface area contributed by atoms with Crippen molar-refractivity contribution in [3.63, 3.8) is 0 Å². The normalized spacial score (nSPS) is 13.4. The van der Waals surface area contributed by atoms with E-state index in [9.17, 15) is 23.1 Å². The number of hydrogen-bond acceptors (Lipinski definition) is 3. The van der Waals surface area contributed by atoms with Crippen LogP contribution in [0.5, 0.6) is 0 Å². The largest absolute Gasteiger partial charge is 0.416 e. The van der Waals surface area contributed by atoms with Crippen LogP contribution in [0, 0.1) is 0 Å². The molecule has 8 heteroatoms. The van der Waals surface area contributed by atoms with Gasteiger partial charge in [0, 0.05) is 23.9 Å². The zero-order valence-electron chi connectivity index (χ0n) is 15.4. The van der Waals surface area contributed by atoms with E-state index in [2.05, 4.69) is 31.2 Å². The molecule has 148 valence electrons. The van der Waals surface area contributed by atoms with Crippen LogP contribution in [0.2, 0.25) is 0 Å². The second-order valence-electron chi connectivity index (χ2n) is 7.30. The minimum Gasteiger partial charge on any atom is -0.390 e. The molecule has 0 saturated carbocycles. The van der Waals surface area contributed by atoms with E-state index >= 15 is 0 Å². The highest BCUT2D eigenvalue weighted by Gasteiger charge is 2.31. The first kappa shape index (κ1) is 21.0. The molecular weight excluding hydrogens is 361 g/mol. The van der Waals surface area contributed by atoms with Crippen molar-refractivity contribution in [1.82, 2.24) is 10.5 Å². The highest BCUT2D eigenvalue weighted by Crippen LogP contribution is 2.29. The summed E-state index contributed by atoms with van der Waals surface area (Å²) in [6.07, 6.45) is -3.35. The number of halogens is 3. The zero-order chi connectivity index (χ0) is 20.2. The standard InChI is InChI=1S/C19H23F3N2O3/c1-18(2,3)15-7-8-23-16(15)10-14(25)11-27-24-17(26)12-5-4-6-13(9-12)19(20,21)22/h4-9,14,23,25H,10-11H2,1-3H3,(H,24,26). The Morgan fingerprint density at radius 1 is 1.26 bits per heavy atom. The van der Waals surface area contributed by atoms with E-state index in [1.165, 1.54) is 6.07 Å². The van der Waals surface area contributed by atoms with E-state index in [-0.39, 0.29) is 17.6 Å². The molecule has 1 aromatic carbocycles. The van der Waals surface area contributed by atoms with E-state index in [0.717, 1.165) is 29.5 Å². The Balaban J connectivity index is 1.88. The predicted molar refractivity (Wildman–Crippen MR) is 94.1 cm³/mol. The molecule has 1 amide bonds. The van der Waals surface area contributed by atoms with Crippen molar-refractivity contribution in [3.8, 4) is 0 Å². The van der Waals surface area contributed by atoms with E-state index in [1.807, 2.05) is 6.07 Å². The van der Waals surface area contributed by atoms with Gasteiger partial charge in [-0.25, -0.2) is 5.48 Å². The maximum atomic E-state index is 12.7. The number of aliphatic hydroxyl groups excluding tert-OH is 1. The Labute approximate surface area is 155 Å². The quantitative estimate of drug-likeness (QED) is 0.667. The summed E-state index contributed by atoms with van der Waals surface area (Å²) in [6, 6.07) is 5.96. The van der Waals surface area contributed by atoms with Crippen LogP contribution < -0.4 is 5.48 Å². The molecule has 0 bridgehead atoms. The van der Waals surface area contributed by atoms with Crippen molar-refractivity contribution >= 4 is 5.91 Å². The van der Waals surface area contributed by atoms with Crippen molar-refractivity contribution in [2.75, 3.05) is 6.61 Å². The van der Waals surface area contributed by atoms with Gasteiger partial charge in [-0.2, -0.15) is 13.2 Å². The molecule has 0 aliphatic rings. The van der Waals surface area contributed by atoms with E-state index < -0.39 is 23.8 Å². The summed E-state index contributed by atoms with van der Waals surface area (Å²) in [7, 11) is 0. The summed E-state index contributed by atoms with van der Waals surface area (Å²) < 4.78 is 38.1. The van der Waals surface area contributed by atoms with Crippen LogP contribution in [0.3, 0.4) is 0 Å². The molecule has 1 aromatic heterocycles. The highest BCUT2D eigenvalue weighted by molar-refractivity contribution is 5.93. The summed E-state index contributed by atoms with van der Waals surface area (Å²) in [5.74, 6) is -0.816. The average Bonchev–Trinajstić information content (AvgIpc) is 3.02. The molecule has 0 spiro atoms. The van der Waals surface area contributed by atoms with Crippen molar-refractivity contribution in [2.24, 2.45) is 0 Å². The number of amides is 1. The number of H-pyrrole nitrogens is 1. The maximum absolute atomic E-state index is 12.7. The number of hydroxylamine groups is 1. The van der Waals surface area contributed by atoms with E-state index in [1.54, 1.807) is 6.20 Å². The fourth-order valence-corrected chi connectivity index (χ4v) is 2.67. The number of carbonyl (C=O) groups excluding carboxylic acids is 1. The van der Waals surface area contributed by atoms with Crippen LogP contribution in [0.1, 0.15) is 48.0 Å². The minimum absolute atomic E-state index is 0.0897. The lowest BCUT2D eigenvalue weighted by atomic mass is 9.86. The Kier molecular flexibility index (Phi) is 6.33. The number of aromatic amines is 1. The van der Waals surface area contributed by atoms with Crippen LogP contribution in [-0.4, -0.2) is 28.7 Å². The molecule has 0 radical (unpaired) electrons. The van der Waals surface area contributed by atoms with Crippen LogP contribution in [0.15, 0.2) is 36.5 Å². The van der Waals surface area contributed by atoms with Crippen LogP contribution in [0.4, 0.5) is 13.2 Å². The van der Waals surface area contributed by atoms with Crippen molar-refractivity contribution in [2.45, 2.75) is 44.9 Å². The first-order valence-corrected chi connectivity index (χ1v) is 8.42. The molecule has 3 N–H and O–H groups in total. The summed E-state index contributed by atoms with van der Waals surface area (Å²) in [4.78, 5) is 20.0. The molecule has 0 saturated heterocycles. The second-order valence-corrected chi connectivity index (χ2v) is 7.30. The average molecular weight is 384 g/mol. The van der Waals surface area contributed by atoms with Gasteiger partial charge >= 0.3 is 6.18 Å². The number of carbonyl (C=O) groups is 1. The zero-order valence-corrected chi connectivity index (χ0v) is 15.4. The summed E-state index contributed by atoms with van der Waals surface area (Å²) in [5.41, 5.74) is 2.79. The lowest BCUT2D eigenvalue weighted by molar-refractivity contribution is -0.137. The van der Waals surface area contributed by atoms with Gasteiger partial charge in [-0.05, 0) is 35.2 Å². The molecular formula is C19H23F3N2O3. The van der Waals surface area contributed by atoms with E-state index in [0.29, 0.717) is 6.42 Å². The monoisotopic (exact) mass is 384 g/mol. The maximum Gasteiger partial charge on any atom is 0.416 e. The first-order chi connectivity index (χ1) is 12.5. The Hall–Kier alpha value is -2.32. The molecule has 2 rings (SSSR count). The number of rotatable bonds is 6. The summed E-state index contributed by atoms with van der Waals surface area (Å²) in [6.45, 7) is 5.96. The van der Waals surface area contributed by atoms with E-state index in [4.69, 9.17) is 4.84 Å². The molecule has 0 aliphatic carbocycles. The fourth-order valence-electron chi connectivity index (χ4n) is 2.67. The first-order valence-electron chi connectivity index (χ1n) is 8.42. The Morgan fingerprint density at radius 2 is 1.96 bits per heavy atom. The lowest BCUT2D eigenvalue weighted by Gasteiger charge is -2.20. The summed E-state index contributed by atoms with van der Waals surface area (Å²) in [5, 5.41) is 10.1. The third-order valence-electron chi connectivity index (χ3n) is 3.97. The fraction of sp³-hybridized carbons (Fsp3) is 0.421. The molecule has 1 atom stereocenters. The number of benzene rings is 1. The third-order valence-corrected chi connectivity index (χ3v) is 3.97. The van der Waals surface area contributed by atoms with Gasteiger partial charge in [0.25, 0.3) is 5.91 Å². The minimum atomic E-state index is -4.53. The summed E-state index contributed by atoms with van der Waals surface area (Å²) >= 11 is 0. The number of aliphatic hydroxyl groups is 1. The van der Waals surface area contributed by atoms with Gasteiger partial charge in [0.2, 0.25) is 0 Å². The number of alkyl halides is 3.